The maximum Gasteiger partial charge on any atom is 0.382 e. The van der Waals surface area contributed by atoms with Gasteiger partial charge in [0.1, 0.15) is 6.04 Å². The molecule has 26 heavy (non-hydrogen) atoms. The number of likely N-dealkylation sites (tertiary alicyclic amines) is 1. The Morgan fingerprint density at radius 3 is 2.27 bits per heavy atom. The molecule has 0 saturated carbocycles. The molecule has 0 aliphatic carbocycles. The van der Waals surface area contributed by atoms with Crippen LogP contribution in [-0.4, -0.2) is 40.4 Å². The summed E-state index contributed by atoms with van der Waals surface area (Å²) in [6.45, 7) is 8.20. The van der Waals surface area contributed by atoms with Gasteiger partial charge >= 0.3 is 5.91 Å². The van der Waals surface area contributed by atoms with Crippen LogP contribution in [-0.2, 0) is 27.0 Å². The third-order valence-electron chi connectivity index (χ3n) is 5.36. The lowest BCUT2D eigenvalue weighted by molar-refractivity contribution is -0.873. The Morgan fingerprint density at radius 1 is 1.15 bits per heavy atom. The molecule has 1 heterocycles. The van der Waals surface area contributed by atoms with Crippen molar-refractivity contribution in [2.75, 3.05) is 13.1 Å². The Labute approximate surface area is 162 Å². The zero-order chi connectivity index (χ0) is 19.5. The van der Waals surface area contributed by atoms with E-state index < -0.39 is 28.3 Å². The van der Waals surface area contributed by atoms with E-state index in [1.807, 2.05) is 37.3 Å². The number of rotatable bonds is 5. The molecule has 142 valence electrons. The van der Waals surface area contributed by atoms with E-state index in [-0.39, 0.29) is 10.4 Å². The number of carbonyl (C=O) groups excluding carboxylic acids is 3. The minimum absolute atomic E-state index is 0.117. The second kappa shape index (κ2) is 7.97. The van der Waals surface area contributed by atoms with Gasteiger partial charge in [-0.1, -0.05) is 58.0 Å². The highest BCUT2D eigenvalue weighted by atomic mass is 32.1. The number of carbonyl (C=O) groups is 3. The predicted molar refractivity (Wildman–Crippen MR) is 104 cm³/mol. The predicted octanol–water partition coefficient (Wildman–Crippen LogP) is 3.37. The Morgan fingerprint density at radius 2 is 1.77 bits per heavy atom. The van der Waals surface area contributed by atoms with Gasteiger partial charge in [-0.25, -0.2) is 9.28 Å². The summed E-state index contributed by atoms with van der Waals surface area (Å²) in [5.74, 6) is -0.998. The van der Waals surface area contributed by atoms with Crippen molar-refractivity contribution < 1.29 is 18.9 Å². The summed E-state index contributed by atoms with van der Waals surface area (Å²) in [6.07, 6.45) is 2.31. The number of benzene rings is 1. The normalized spacial score (nSPS) is 26.3. The van der Waals surface area contributed by atoms with E-state index in [9.17, 15) is 14.4 Å². The minimum atomic E-state index is -0.773. The van der Waals surface area contributed by atoms with Gasteiger partial charge in [-0.15, -0.1) is 0 Å². The lowest BCUT2D eigenvalue weighted by Gasteiger charge is -2.49. The number of nitrogens with zero attached hydrogens (tertiary/aromatic N) is 1. The molecule has 5 heteroatoms. The molecule has 0 bridgehead atoms. The number of hydrogen-bond donors (Lipinski definition) is 0. The second-order valence-corrected chi connectivity index (χ2v) is 8.69. The fraction of sp³-hybridized carbons (Fsp3) is 0.571. The molecular formula is C21H29NO3S. The molecule has 1 fully saturated rings. The van der Waals surface area contributed by atoms with Gasteiger partial charge < -0.3 is 17.4 Å². The number of ketones is 1. The first kappa shape index (κ1) is 20.7. The highest BCUT2D eigenvalue weighted by molar-refractivity contribution is 7.77. The standard InChI is InChI=1S/C21H29NO3S/c1-5-13-22(19(24)18(23)21(2,3)4)14-9-12-16(17(22)20(25)26)15-10-7-6-8-11-15/h6-8,10-11,16-17H,5,9,12-14H2,1-4H3. The smallest absolute Gasteiger partial charge is 0.382 e. The van der Waals surface area contributed by atoms with Crippen molar-refractivity contribution in [3.05, 3.63) is 35.9 Å². The Bertz CT molecular complexity index is 676. The van der Waals surface area contributed by atoms with Crippen LogP contribution in [0.25, 0.3) is 0 Å². The van der Waals surface area contributed by atoms with Gasteiger partial charge in [0.2, 0.25) is 0 Å². The number of piperidine rings is 1. The first-order chi connectivity index (χ1) is 12.1. The molecule has 0 N–H and O–H groups in total. The summed E-state index contributed by atoms with van der Waals surface area (Å²) >= 11 is 5.12. The Balaban J connectivity index is 2.56. The van der Waals surface area contributed by atoms with E-state index >= 15 is 0 Å². The van der Waals surface area contributed by atoms with Crippen molar-refractivity contribution in [3.8, 4) is 0 Å². The van der Waals surface area contributed by atoms with Gasteiger partial charge in [-0.2, -0.15) is 0 Å². The van der Waals surface area contributed by atoms with Crippen molar-refractivity contribution in [3.63, 3.8) is 0 Å². The number of Topliss-reactive ketones (excluding diaryl/α,β-unsaturated/α-hetero) is 1. The first-order valence-corrected chi connectivity index (χ1v) is 9.78. The molecule has 1 aliphatic heterocycles. The van der Waals surface area contributed by atoms with Gasteiger partial charge in [0, 0.05) is 11.3 Å². The van der Waals surface area contributed by atoms with Crippen LogP contribution in [0.1, 0.15) is 58.4 Å². The molecule has 0 aromatic heterocycles. The van der Waals surface area contributed by atoms with Gasteiger partial charge in [-0.05, 0) is 24.8 Å². The molecule has 1 aliphatic rings. The Kier molecular flexibility index (Phi) is 6.35. The summed E-state index contributed by atoms with van der Waals surface area (Å²) in [5, 5.41) is -0.415. The summed E-state index contributed by atoms with van der Waals surface area (Å²) in [6, 6.07) is 9.10. The van der Waals surface area contributed by atoms with Gasteiger partial charge in [0.05, 0.1) is 18.2 Å². The highest BCUT2D eigenvalue weighted by Crippen LogP contribution is 2.39. The fourth-order valence-electron chi connectivity index (χ4n) is 4.15. The van der Waals surface area contributed by atoms with Crippen LogP contribution in [0.2, 0.25) is 0 Å². The van der Waals surface area contributed by atoms with Crippen molar-refractivity contribution in [2.24, 2.45) is 5.41 Å². The zero-order valence-electron chi connectivity index (χ0n) is 16.2. The summed E-state index contributed by atoms with van der Waals surface area (Å²) in [5.41, 5.74) is 0.246. The molecule has 0 radical (unpaired) electrons. The molecule has 4 nitrogen and oxygen atoms in total. The number of amides is 1. The highest BCUT2D eigenvalue weighted by Gasteiger charge is 2.54. The van der Waals surface area contributed by atoms with Crippen molar-refractivity contribution in [2.45, 2.75) is 58.9 Å². The second-order valence-electron chi connectivity index (χ2n) is 8.29. The van der Waals surface area contributed by atoms with Crippen LogP contribution in [0.15, 0.2) is 30.3 Å². The van der Waals surface area contributed by atoms with E-state index in [1.54, 1.807) is 20.8 Å². The summed E-state index contributed by atoms with van der Waals surface area (Å²) in [7, 11) is 0. The van der Waals surface area contributed by atoms with E-state index in [0.29, 0.717) is 19.5 Å². The topological polar surface area (TPSA) is 51.2 Å². The lowest BCUT2D eigenvalue weighted by atomic mass is 9.80. The Hall–Kier alpha value is -1.59. The van der Waals surface area contributed by atoms with Gasteiger partial charge in [0.15, 0.2) is 0 Å². The summed E-state index contributed by atoms with van der Waals surface area (Å²) < 4.78 is -0.117. The third kappa shape index (κ3) is 3.89. The fourth-order valence-corrected chi connectivity index (χ4v) is 4.52. The molecule has 3 atom stereocenters. The molecule has 3 unspecified atom stereocenters. The average molecular weight is 376 g/mol. The molecule has 2 rings (SSSR count). The van der Waals surface area contributed by atoms with Crippen LogP contribution >= 0.6 is 0 Å². The quantitative estimate of drug-likeness (QED) is 0.450. The molecule has 1 aromatic carbocycles. The van der Waals surface area contributed by atoms with E-state index in [4.69, 9.17) is 12.6 Å². The average Bonchev–Trinajstić information content (AvgIpc) is 2.60. The van der Waals surface area contributed by atoms with Crippen LogP contribution in [0.3, 0.4) is 0 Å². The van der Waals surface area contributed by atoms with Crippen LogP contribution < -0.4 is 0 Å². The number of quaternary nitrogens is 1. The molecule has 1 aromatic rings. The summed E-state index contributed by atoms with van der Waals surface area (Å²) in [4.78, 5) is 38.8. The van der Waals surface area contributed by atoms with Gasteiger partial charge in [-0.3, -0.25) is 4.79 Å². The van der Waals surface area contributed by atoms with Crippen LogP contribution in [0.4, 0.5) is 0 Å². The van der Waals surface area contributed by atoms with Crippen molar-refractivity contribution >= 4 is 29.4 Å². The molecular weight excluding hydrogens is 346 g/mol. The SMILES string of the molecule is CCC[N+]1(C(=O)C(=O)C(C)(C)C)CCCC(c2ccccc2)C1C(=O)[S-]. The van der Waals surface area contributed by atoms with Crippen molar-refractivity contribution in [1.82, 2.24) is 0 Å². The van der Waals surface area contributed by atoms with Crippen molar-refractivity contribution in [1.29, 1.82) is 0 Å². The van der Waals surface area contributed by atoms with Crippen LogP contribution in [0.5, 0.6) is 0 Å². The molecule has 1 saturated heterocycles. The first-order valence-electron chi connectivity index (χ1n) is 9.37. The van der Waals surface area contributed by atoms with Crippen LogP contribution in [0, 0.1) is 5.41 Å². The maximum absolute atomic E-state index is 13.4. The maximum atomic E-state index is 13.4. The van der Waals surface area contributed by atoms with Gasteiger partial charge in [0.25, 0.3) is 5.78 Å². The largest absolute Gasteiger partial charge is 0.736 e. The minimum Gasteiger partial charge on any atom is -0.736 e. The third-order valence-corrected chi connectivity index (χ3v) is 5.60. The zero-order valence-corrected chi connectivity index (χ0v) is 17.0. The monoisotopic (exact) mass is 375 g/mol. The van der Waals surface area contributed by atoms with E-state index in [1.165, 1.54) is 0 Å². The lowest BCUT2D eigenvalue weighted by Crippen LogP contribution is -2.68. The van der Waals surface area contributed by atoms with E-state index in [0.717, 1.165) is 18.4 Å². The van der Waals surface area contributed by atoms with E-state index in [2.05, 4.69) is 0 Å². The molecule has 0 spiro atoms. The molecule has 1 amide bonds. The number of hydrogen-bond acceptors (Lipinski definition) is 4.